The van der Waals surface area contributed by atoms with Crippen LogP contribution in [0.1, 0.15) is 32.9 Å². The highest BCUT2D eigenvalue weighted by atomic mass is 32.1. The predicted molar refractivity (Wildman–Crippen MR) is 86.3 cm³/mol. The van der Waals surface area contributed by atoms with E-state index in [4.69, 9.17) is 0 Å². The zero-order valence-electron chi connectivity index (χ0n) is 12.3. The molecule has 1 aliphatic carbocycles. The van der Waals surface area contributed by atoms with E-state index in [9.17, 15) is 9.59 Å². The van der Waals surface area contributed by atoms with Crippen molar-refractivity contribution in [2.75, 3.05) is 11.9 Å². The Morgan fingerprint density at radius 3 is 2.86 bits per heavy atom. The Morgan fingerprint density at radius 1 is 1.27 bits per heavy atom. The molecule has 0 saturated heterocycles. The molecule has 6 heteroatoms. The highest BCUT2D eigenvalue weighted by Gasteiger charge is 2.18. The minimum atomic E-state index is -0.255. The summed E-state index contributed by atoms with van der Waals surface area (Å²) in [5, 5.41) is 6.01. The number of nitrogens with zero attached hydrogens (tertiary/aromatic N) is 1. The highest BCUT2D eigenvalue weighted by Crippen LogP contribution is 2.30. The van der Waals surface area contributed by atoms with Crippen molar-refractivity contribution in [3.8, 4) is 0 Å². The molecule has 0 spiro atoms. The van der Waals surface area contributed by atoms with Crippen molar-refractivity contribution in [3.05, 3.63) is 46.0 Å². The predicted octanol–water partition coefficient (Wildman–Crippen LogP) is 2.31. The second-order valence-corrected chi connectivity index (χ2v) is 6.37. The molecule has 0 aliphatic heterocycles. The van der Waals surface area contributed by atoms with Crippen LogP contribution in [0.25, 0.3) is 0 Å². The van der Waals surface area contributed by atoms with Crippen LogP contribution in [0, 0.1) is 6.92 Å². The summed E-state index contributed by atoms with van der Waals surface area (Å²) < 4.78 is 0. The number of thiazole rings is 1. The molecule has 0 saturated carbocycles. The minimum absolute atomic E-state index is 0.0581. The molecule has 2 N–H and O–H groups in total. The fourth-order valence-corrected chi connectivity index (χ4v) is 3.56. The van der Waals surface area contributed by atoms with Gasteiger partial charge in [0.05, 0.1) is 12.2 Å². The van der Waals surface area contributed by atoms with Crippen LogP contribution in [0.3, 0.4) is 0 Å². The summed E-state index contributed by atoms with van der Waals surface area (Å²) in [5.41, 5.74) is 2.57. The monoisotopic (exact) mass is 315 g/mol. The van der Waals surface area contributed by atoms with E-state index in [1.807, 2.05) is 19.1 Å². The lowest BCUT2D eigenvalue weighted by molar-refractivity contribution is -0.115. The van der Waals surface area contributed by atoms with Gasteiger partial charge in [0.1, 0.15) is 0 Å². The maximum Gasteiger partial charge on any atom is 0.251 e. The quantitative estimate of drug-likeness (QED) is 0.909. The summed E-state index contributed by atoms with van der Waals surface area (Å²) >= 11 is 1.53. The van der Waals surface area contributed by atoms with Crippen LogP contribution in [0.2, 0.25) is 0 Å². The maximum absolute atomic E-state index is 12.0. The summed E-state index contributed by atoms with van der Waals surface area (Å²) in [6.45, 7) is 1.81. The van der Waals surface area contributed by atoms with E-state index in [0.717, 1.165) is 30.5 Å². The molecule has 0 fully saturated rings. The molecule has 1 heterocycles. The standard InChI is InChI=1S/C16H17N3O2S/c1-10-5-2-3-6-11(10)15(21)17-9-14(20)19-16-18-12-7-4-8-13(12)22-16/h2-3,5-6H,4,7-9H2,1H3,(H,17,21)(H,18,19,20). The van der Waals surface area contributed by atoms with Crippen molar-refractivity contribution in [2.24, 2.45) is 0 Å². The fraction of sp³-hybridized carbons (Fsp3) is 0.312. The smallest absolute Gasteiger partial charge is 0.251 e. The molecule has 0 atom stereocenters. The minimum Gasteiger partial charge on any atom is -0.343 e. The van der Waals surface area contributed by atoms with Gasteiger partial charge in [-0.05, 0) is 37.8 Å². The first-order valence-electron chi connectivity index (χ1n) is 7.26. The van der Waals surface area contributed by atoms with Crippen LogP contribution < -0.4 is 10.6 Å². The lowest BCUT2D eigenvalue weighted by atomic mass is 10.1. The number of fused-ring (bicyclic) bond motifs is 1. The lowest BCUT2D eigenvalue weighted by Gasteiger charge is -2.07. The normalized spacial score (nSPS) is 12.8. The fourth-order valence-electron chi connectivity index (χ4n) is 2.49. The molecule has 2 amide bonds. The average molecular weight is 315 g/mol. The molecule has 114 valence electrons. The van der Waals surface area contributed by atoms with Gasteiger partial charge in [0, 0.05) is 10.4 Å². The van der Waals surface area contributed by atoms with E-state index in [1.165, 1.54) is 16.2 Å². The molecule has 0 bridgehead atoms. The number of aromatic nitrogens is 1. The number of nitrogens with one attached hydrogen (secondary N) is 2. The van der Waals surface area contributed by atoms with Gasteiger partial charge in [0.25, 0.3) is 5.91 Å². The van der Waals surface area contributed by atoms with Gasteiger partial charge in [-0.1, -0.05) is 18.2 Å². The number of rotatable bonds is 4. The van der Waals surface area contributed by atoms with Crippen molar-refractivity contribution < 1.29 is 9.59 Å². The number of hydrogen-bond acceptors (Lipinski definition) is 4. The van der Waals surface area contributed by atoms with E-state index in [0.29, 0.717) is 10.7 Å². The summed E-state index contributed by atoms with van der Waals surface area (Å²) in [5.74, 6) is -0.496. The van der Waals surface area contributed by atoms with E-state index < -0.39 is 0 Å². The largest absolute Gasteiger partial charge is 0.343 e. The molecule has 3 rings (SSSR count). The van der Waals surface area contributed by atoms with E-state index >= 15 is 0 Å². The Hall–Kier alpha value is -2.21. The second-order valence-electron chi connectivity index (χ2n) is 5.29. The number of carbonyl (C=O) groups excluding carboxylic acids is 2. The molecule has 1 aliphatic rings. The number of hydrogen-bond donors (Lipinski definition) is 2. The molecule has 0 radical (unpaired) electrons. The van der Waals surface area contributed by atoms with Crippen molar-refractivity contribution in [3.63, 3.8) is 0 Å². The Bertz CT molecular complexity index is 702. The van der Waals surface area contributed by atoms with Gasteiger partial charge in [-0.2, -0.15) is 0 Å². The van der Waals surface area contributed by atoms with Crippen LogP contribution in [0.4, 0.5) is 5.13 Å². The zero-order chi connectivity index (χ0) is 15.5. The summed E-state index contributed by atoms with van der Waals surface area (Å²) in [7, 11) is 0. The second kappa shape index (κ2) is 6.27. The van der Waals surface area contributed by atoms with E-state index in [1.54, 1.807) is 12.1 Å². The van der Waals surface area contributed by atoms with Gasteiger partial charge in [-0.25, -0.2) is 4.98 Å². The first-order valence-corrected chi connectivity index (χ1v) is 8.07. The molecular weight excluding hydrogens is 298 g/mol. The number of benzene rings is 1. The van der Waals surface area contributed by atoms with Crippen molar-refractivity contribution >= 4 is 28.3 Å². The molecule has 2 aromatic rings. The Kier molecular flexibility index (Phi) is 4.20. The van der Waals surface area contributed by atoms with Gasteiger partial charge < -0.3 is 10.6 Å². The number of anilines is 1. The molecule has 1 aromatic heterocycles. The van der Waals surface area contributed by atoms with Crippen LogP contribution in [0.5, 0.6) is 0 Å². The van der Waals surface area contributed by atoms with E-state index in [2.05, 4.69) is 15.6 Å². The molecule has 1 aromatic carbocycles. The summed E-state index contributed by atoms with van der Waals surface area (Å²) in [4.78, 5) is 29.6. The molecule has 5 nitrogen and oxygen atoms in total. The van der Waals surface area contributed by atoms with Crippen LogP contribution >= 0.6 is 11.3 Å². The number of amides is 2. The number of carbonyl (C=O) groups is 2. The molecular formula is C16H17N3O2S. The third-order valence-corrected chi connectivity index (χ3v) is 4.71. The third kappa shape index (κ3) is 3.17. The van der Waals surface area contributed by atoms with Crippen molar-refractivity contribution in [1.29, 1.82) is 0 Å². The van der Waals surface area contributed by atoms with Crippen molar-refractivity contribution in [1.82, 2.24) is 10.3 Å². The van der Waals surface area contributed by atoms with Crippen LogP contribution in [-0.4, -0.2) is 23.3 Å². The van der Waals surface area contributed by atoms with Crippen LogP contribution in [-0.2, 0) is 17.6 Å². The van der Waals surface area contributed by atoms with Crippen LogP contribution in [0.15, 0.2) is 24.3 Å². The average Bonchev–Trinajstić information content (AvgIpc) is 3.06. The number of aryl methyl sites for hydroxylation is 3. The third-order valence-electron chi connectivity index (χ3n) is 3.64. The SMILES string of the molecule is Cc1ccccc1C(=O)NCC(=O)Nc1nc2c(s1)CCC2. The Balaban J connectivity index is 1.54. The Labute approximate surface area is 132 Å². The van der Waals surface area contributed by atoms with Gasteiger partial charge in [0.2, 0.25) is 5.91 Å². The lowest BCUT2D eigenvalue weighted by Crippen LogP contribution is -2.33. The Morgan fingerprint density at radius 2 is 2.09 bits per heavy atom. The molecule has 0 unspecified atom stereocenters. The zero-order valence-corrected chi connectivity index (χ0v) is 13.1. The first kappa shape index (κ1) is 14.7. The van der Waals surface area contributed by atoms with Gasteiger partial charge in [0.15, 0.2) is 5.13 Å². The van der Waals surface area contributed by atoms with Gasteiger partial charge >= 0.3 is 0 Å². The van der Waals surface area contributed by atoms with Gasteiger partial charge in [-0.3, -0.25) is 9.59 Å². The highest BCUT2D eigenvalue weighted by molar-refractivity contribution is 7.15. The van der Waals surface area contributed by atoms with Gasteiger partial charge in [-0.15, -0.1) is 11.3 Å². The van der Waals surface area contributed by atoms with Crippen molar-refractivity contribution in [2.45, 2.75) is 26.2 Å². The first-order chi connectivity index (χ1) is 10.6. The molecule has 22 heavy (non-hydrogen) atoms. The topological polar surface area (TPSA) is 71.1 Å². The summed E-state index contributed by atoms with van der Waals surface area (Å²) in [6, 6.07) is 7.29. The maximum atomic E-state index is 12.0. The summed E-state index contributed by atoms with van der Waals surface area (Å²) in [6.07, 6.45) is 3.19. The van der Waals surface area contributed by atoms with E-state index in [-0.39, 0.29) is 18.4 Å².